The number of aromatic nitrogens is 2. The smallest absolute Gasteiger partial charge is 0.191 e. The molecular formula is C23H28IN5. The molecule has 0 saturated heterocycles. The van der Waals surface area contributed by atoms with Crippen molar-refractivity contribution in [1.82, 2.24) is 20.2 Å². The van der Waals surface area contributed by atoms with Gasteiger partial charge in [0, 0.05) is 44.5 Å². The second-order valence-electron chi connectivity index (χ2n) is 7.48. The molecule has 0 amide bonds. The van der Waals surface area contributed by atoms with Crippen molar-refractivity contribution in [2.24, 2.45) is 4.99 Å². The van der Waals surface area contributed by atoms with Crippen LogP contribution in [0.2, 0.25) is 0 Å². The zero-order valence-electron chi connectivity index (χ0n) is 16.7. The molecule has 6 heteroatoms. The van der Waals surface area contributed by atoms with Crippen molar-refractivity contribution in [2.75, 3.05) is 13.6 Å². The van der Waals surface area contributed by atoms with Gasteiger partial charge in [-0.25, -0.2) is 4.98 Å². The Labute approximate surface area is 189 Å². The molecule has 3 aromatic rings. The Hall–Kier alpha value is -2.35. The highest BCUT2D eigenvalue weighted by molar-refractivity contribution is 14.0. The second-order valence-corrected chi connectivity index (χ2v) is 7.48. The van der Waals surface area contributed by atoms with Crippen LogP contribution in [0.5, 0.6) is 0 Å². The highest BCUT2D eigenvalue weighted by atomic mass is 127. The molecule has 2 aromatic carbocycles. The van der Waals surface area contributed by atoms with E-state index in [1.807, 2.05) is 25.8 Å². The molecule has 1 fully saturated rings. The van der Waals surface area contributed by atoms with E-state index in [-0.39, 0.29) is 29.4 Å². The van der Waals surface area contributed by atoms with Gasteiger partial charge in [-0.05, 0) is 29.5 Å². The minimum Gasteiger partial charge on any atom is -0.356 e. The van der Waals surface area contributed by atoms with Crippen LogP contribution in [0, 0.1) is 0 Å². The molecule has 1 aromatic heterocycles. The Bertz CT molecular complexity index is 917. The largest absolute Gasteiger partial charge is 0.356 e. The predicted molar refractivity (Wildman–Crippen MR) is 129 cm³/mol. The lowest BCUT2D eigenvalue weighted by Crippen LogP contribution is -2.40. The van der Waals surface area contributed by atoms with Gasteiger partial charge in [0.15, 0.2) is 5.96 Å². The summed E-state index contributed by atoms with van der Waals surface area (Å²) in [4.78, 5) is 8.50. The molecule has 2 N–H and O–H groups in total. The number of halogens is 1. The number of nitrogens with one attached hydrogen (secondary N) is 2. The summed E-state index contributed by atoms with van der Waals surface area (Å²) < 4.78 is 2.08. The van der Waals surface area contributed by atoms with Crippen molar-refractivity contribution >= 4 is 29.9 Å². The summed E-state index contributed by atoms with van der Waals surface area (Å²) in [7, 11) is 1.83. The number of imidazole rings is 1. The maximum Gasteiger partial charge on any atom is 0.191 e. The average molecular weight is 501 g/mol. The fraction of sp³-hybridized carbons (Fsp3) is 0.304. The molecule has 5 nitrogen and oxygen atoms in total. The highest BCUT2D eigenvalue weighted by Crippen LogP contribution is 2.47. The Morgan fingerprint density at radius 3 is 2.55 bits per heavy atom. The summed E-state index contributed by atoms with van der Waals surface area (Å²) in [5.41, 5.74) is 4.19. The molecule has 0 spiro atoms. The molecule has 0 unspecified atom stereocenters. The van der Waals surface area contributed by atoms with Gasteiger partial charge in [-0.15, -0.1) is 24.0 Å². The fourth-order valence-electron chi connectivity index (χ4n) is 3.60. The van der Waals surface area contributed by atoms with Gasteiger partial charge >= 0.3 is 0 Å². The molecular weight excluding hydrogens is 473 g/mol. The molecule has 0 radical (unpaired) electrons. The third-order valence-corrected chi connectivity index (χ3v) is 5.43. The third kappa shape index (κ3) is 5.59. The minimum absolute atomic E-state index is 0. The average Bonchev–Trinajstić information content (AvgIpc) is 3.36. The third-order valence-electron chi connectivity index (χ3n) is 5.43. The zero-order valence-corrected chi connectivity index (χ0v) is 19.0. The Morgan fingerprint density at radius 2 is 1.86 bits per heavy atom. The summed E-state index contributed by atoms with van der Waals surface area (Å²) in [6.07, 6.45) is 8.10. The molecule has 29 heavy (non-hydrogen) atoms. The maximum absolute atomic E-state index is 4.39. The standard InChI is InChI=1S/C23H27N5.HI/c1-24-22(27-17-23(10-11-23)21-8-3-2-4-9-21)26-15-19-6-5-7-20(14-19)16-28-13-12-25-18-28;/h2-9,12-14,18H,10-11,15-17H2,1H3,(H2,24,26,27);1H. The first-order valence-electron chi connectivity index (χ1n) is 9.81. The lowest BCUT2D eigenvalue weighted by Gasteiger charge is -2.19. The lowest BCUT2D eigenvalue weighted by molar-refractivity contribution is 0.645. The number of rotatable bonds is 7. The number of benzene rings is 2. The molecule has 4 rings (SSSR count). The van der Waals surface area contributed by atoms with E-state index < -0.39 is 0 Å². The molecule has 152 valence electrons. The van der Waals surface area contributed by atoms with E-state index in [2.05, 4.69) is 79.8 Å². The van der Waals surface area contributed by atoms with E-state index in [1.54, 1.807) is 0 Å². The van der Waals surface area contributed by atoms with E-state index in [0.29, 0.717) is 0 Å². The van der Waals surface area contributed by atoms with E-state index in [9.17, 15) is 0 Å². The Morgan fingerprint density at radius 1 is 1.07 bits per heavy atom. The van der Waals surface area contributed by atoms with Crippen LogP contribution in [0.4, 0.5) is 0 Å². The van der Waals surface area contributed by atoms with Crippen molar-refractivity contribution in [1.29, 1.82) is 0 Å². The molecule has 1 aliphatic rings. The predicted octanol–water partition coefficient (Wildman–Crippen LogP) is 3.95. The molecule has 0 atom stereocenters. The first kappa shape index (κ1) is 21.4. The van der Waals surface area contributed by atoms with Gasteiger partial charge in [-0.2, -0.15) is 0 Å². The van der Waals surface area contributed by atoms with Crippen molar-refractivity contribution in [3.05, 3.63) is 90.0 Å². The van der Waals surface area contributed by atoms with Crippen molar-refractivity contribution in [3.8, 4) is 0 Å². The van der Waals surface area contributed by atoms with Crippen molar-refractivity contribution in [2.45, 2.75) is 31.3 Å². The van der Waals surface area contributed by atoms with Gasteiger partial charge in [-0.1, -0.05) is 54.6 Å². The topological polar surface area (TPSA) is 54.2 Å². The lowest BCUT2D eigenvalue weighted by atomic mass is 9.96. The van der Waals surface area contributed by atoms with Crippen LogP contribution in [0.15, 0.2) is 78.3 Å². The van der Waals surface area contributed by atoms with Gasteiger partial charge in [-0.3, -0.25) is 4.99 Å². The van der Waals surface area contributed by atoms with E-state index in [1.165, 1.54) is 29.5 Å². The van der Waals surface area contributed by atoms with Crippen LogP contribution in [0.25, 0.3) is 0 Å². The number of guanidine groups is 1. The van der Waals surface area contributed by atoms with Gasteiger partial charge in [0.05, 0.1) is 6.33 Å². The number of nitrogens with zero attached hydrogens (tertiary/aromatic N) is 3. The SMILES string of the molecule is CN=C(NCc1cccc(Cn2ccnc2)c1)NCC1(c2ccccc2)CC1.I. The first-order valence-corrected chi connectivity index (χ1v) is 9.81. The van der Waals surface area contributed by atoms with Crippen LogP contribution in [-0.4, -0.2) is 29.1 Å². The van der Waals surface area contributed by atoms with Gasteiger partial charge < -0.3 is 15.2 Å². The number of hydrogen-bond donors (Lipinski definition) is 2. The number of hydrogen-bond acceptors (Lipinski definition) is 2. The van der Waals surface area contributed by atoms with Gasteiger partial charge in [0.1, 0.15) is 0 Å². The van der Waals surface area contributed by atoms with E-state index in [4.69, 9.17) is 0 Å². The number of aliphatic imine (C=N–C) groups is 1. The monoisotopic (exact) mass is 501 g/mol. The van der Waals surface area contributed by atoms with E-state index in [0.717, 1.165) is 25.6 Å². The summed E-state index contributed by atoms with van der Waals surface area (Å²) in [6, 6.07) is 19.4. The van der Waals surface area contributed by atoms with Crippen LogP contribution < -0.4 is 10.6 Å². The Kier molecular flexibility index (Phi) is 7.30. The van der Waals surface area contributed by atoms with Crippen molar-refractivity contribution < 1.29 is 0 Å². The zero-order chi connectivity index (χ0) is 19.2. The normalized spacial score (nSPS) is 14.7. The molecule has 1 saturated carbocycles. The second kappa shape index (κ2) is 9.91. The minimum atomic E-state index is 0. The van der Waals surface area contributed by atoms with Gasteiger partial charge in [0.25, 0.3) is 0 Å². The summed E-state index contributed by atoms with van der Waals surface area (Å²) in [5.74, 6) is 0.849. The molecule has 0 aliphatic heterocycles. The van der Waals surface area contributed by atoms with Crippen molar-refractivity contribution in [3.63, 3.8) is 0 Å². The summed E-state index contributed by atoms with van der Waals surface area (Å²) in [6.45, 7) is 2.49. The van der Waals surface area contributed by atoms with Crippen LogP contribution >= 0.6 is 24.0 Å². The van der Waals surface area contributed by atoms with E-state index >= 15 is 0 Å². The van der Waals surface area contributed by atoms with Crippen LogP contribution in [-0.2, 0) is 18.5 Å². The summed E-state index contributed by atoms with van der Waals surface area (Å²) >= 11 is 0. The van der Waals surface area contributed by atoms with Crippen LogP contribution in [0.3, 0.4) is 0 Å². The quantitative estimate of drug-likeness (QED) is 0.293. The highest BCUT2D eigenvalue weighted by Gasteiger charge is 2.43. The summed E-state index contributed by atoms with van der Waals surface area (Å²) in [5, 5.41) is 6.96. The molecule has 0 bridgehead atoms. The first-order chi connectivity index (χ1) is 13.8. The molecule has 1 aliphatic carbocycles. The Balaban J connectivity index is 0.00000240. The van der Waals surface area contributed by atoms with Gasteiger partial charge in [0.2, 0.25) is 0 Å². The molecule has 1 heterocycles. The fourth-order valence-corrected chi connectivity index (χ4v) is 3.60. The van der Waals surface area contributed by atoms with Crippen LogP contribution in [0.1, 0.15) is 29.5 Å². The maximum atomic E-state index is 4.39.